The van der Waals surface area contributed by atoms with E-state index in [2.05, 4.69) is 54.0 Å². The van der Waals surface area contributed by atoms with Gasteiger partial charge in [0.2, 0.25) is 5.95 Å². The molecule has 1 saturated carbocycles. The molecule has 1 fully saturated rings. The summed E-state index contributed by atoms with van der Waals surface area (Å²) < 4.78 is 5.40. The van der Waals surface area contributed by atoms with Crippen molar-refractivity contribution in [3.63, 3.8) is 0 Å². The molecule has 6 nitrogen and oxygen atoms in total. The molecule has 1 aromatic heterocycles. The van der Waals surface area contributed by atoms with Crippen LogP contribution in [-0.2, 0) is 17.6 Å². The Kier molecular flexibility index (Phi) is 6.87. The third kappa shape index (κ3) is 5.63. The molecular formula is C30H38N4O2. The molecule has 5 rings (SSSR count). The van der Waals surface area contributed by atoms with Crippen LogP contribution < -0.4 is 10.6 Å². The number of aromatic nitrogens is 2. The number of ether oxygens (including phenoxy) is 1. The highest BCUT2D eigenvalue weighted by Gasteiger charge is 2.25. The van der Waals surface area contributed by atoms with E-state index in [0.29, 0.717) is 12.0 Å². The molecule has 36 heavy (non-hydrogen) atoms. The average molecular weight is 487 g/mol. The predicted octanol–water partition coefficient (Wildman–Crippen LogP) is 6.73. The Balaban J connectivity index is 1.26. The van der Waals surface area contributed by atoms with E-state index in [1.165, 1.54) is 41.5 Å². The zero-order valence-corrected chi connectivity index (χ0v) is 22.0. The Bertz CT molecular complexity index is 1260. The lowest BCUT2D eigenvalue weighted by atomic mass is 9.86. The van der Waals surface area contributed by atoms with Crippen molar-refractivity contribution in [2.24, 2.45) is 0 Å². The van der Waals surface area contributed by atoms with Crippen LogP contribution in [0.5, 0.6) is 0 Å². The van der Waals surface area contributed by atoms with Crippen molar-refractivity contribution < 1.29 is 9.53 Å². The number of anilines is 1. The summed E-state index contributed by atoms with van der Waals surface area (Å²) in [7, 11) is 0. The summed E-state index contributed by atoms with van der Waals surface area (Å²) in [5, 5.41) is 7.67. The summed E-state index contributed by atoms with van der Waals surface area (Å²) in [5.41, 5.74) is 7.11. The maximum atomic E-state index is 12.1. The largest absolute Gasteiger partial charge is 0.444 e. The number of alkyl carbamates (subject to hydrolysis) is 1. The number of hydrogen-bond acceptors (Lipinski definition) is 5. The van der Waals surface area contributed by atoms with Gasteiger partial charge in [0.25, 0.3) is 0 Å². The molecule has 2 N–H and O–H groups in total. The third-order valence-corrected chi connectivity index (χ3v) is 7.37. The van der Waals surface area contributed by atoms with Gasteiger partial charge in [-0.15, -0.1) is 0 Å². The van der Waals surface area contributed by atoms with Crippen LogP contribution in [0.25, 0.3) is 22.0 Å². The van der Waals surface area contributed by atoms with E-state index in [1.54, 1.807) is 0 Å². The zero-order chi connectivity index (χ0) is 25.3. The standard InChI is InChI=1S/C30H38N4O2/c1-19-26-18-21(25-11-7-9-20-8-5-6-10-24(20)25)12-17-27(26)34-28(31-19)32-22-13-15-23(16-14-22)33-29(35)36-30(2,3)4/h7,9,11-12,17-18,22-23H,5-6,8,10,13-16H2,1-4H3,(H,33,35)(H,31,32,34). The van der Waals surface area contributed by atoms with Gasteiger partial charge in [0.05, 0.1) is 11.2 Å². The second-order valence-corrected chi connectivity index (χ2v) is 11.4. The molecule has 0 bridgehead atoms. The van der Waals surface area contributed by atoms with Crippen LogP contribution in [0, 0.1) is 6.92 Å². The SMILES string of the molecule is Cc1nc(NC2CCC(NC(=O)OC(C)(C)C)CC2)nc2ccc(-c3cccc4c3CCCC4)cc12. The molecule has 0 saturated heterocycles. The van der Waals surface area contributed by atoms with Crippen LogP contribution >= 0.6 is 0 Å². The molecule has 3 aromatic rings. The number of benzene rings is 2. The number of hydrogen-bond donors (Lipinski definition) is 2. The van der Waals surface area contributed by atoms with E-state index in [1.807, 2.05) is 20.8 Å². The molecule has 6 heteroatoms. The van der Waals surface area contributed by atoms with Gasteiger partial charge in [-0.05, 0) is 113 Å². The van der Waals surface area contributed by atoms with Crippen LogP contribution in [-0.4, -0.2) is 33.7 Å². The summed E-state index contributed by atoms with van der Waals surface area (Å²) in [6, 6.07) is 13.8. The average Bonchev–Trinajstić information content (AvgIpc) is 2.84. The number of nitrogens with zero attached hydrogens (tertiary/aromatic N) is 2. The minimum absolute atomic E-state index is 0.152. The Morgan fingerprint density at radius 2 is 1.72 bits per heavy atom. The lowest BCUT2D eigenvalue weighted by Gasteiger charge is -2.30. The van der Waals surface area contributed by atoms with Gasteiger partial charge in [0, 0.05) is 17.5 Å². The van der Waals surface area contributed by atoms with Gasteiger partial charge in [-0.1, -0.05) is 24.3 Å². The smallest absolute Gasteiger partial charge is 0.407 e. The van der Waals surface area contributed by atoms with Crippen molar-refractivity contribution in [2.45, 2.75) is 96.7 Å². The first-order valence-electron chi connectivity index (χ1n) is 13.4. The molecule has 1 heterocycles. The highest BCUT2D eigenvalue weighted by molar-refractivity contribution is 5.87. The number of fused-ring (bicyclic) bond motifs is 2. The van der Waals surface area contributed by atoms with Crippen molar-refractivity contribution in [3.8, 4) is 11.1 Å². The number of rotatable bonds is 4. The third-order valence-electron chi connectivity index (χ3n) is 7.37. The van der Waals surface area contributed by atoms with Gasteiger partial charge in [0.15, 0.2) is 0 Å². The molecule has 190 valence electrons. The maximum Gasteiger partial charge on any atom is 0.407 e. The van der Waals surface area contributed by atoms with E-state index in [9.17, 15) is 4.79 Å². The maximum absolute atomic E-state index is 12.1. The van der Waals surface area contributed by atoms with E-state index >= 15 is 0 Å². The van der Waals surface area contributed by atoms with Crippen LogP contribution in [0.1, 0.15) is 76.1 Å². The van der Waals surface area contributed by atoms with Gasteiger partial charge >= 0.3 is 6.09 Å². The molecule has 0 aliphatic heterocycles. The predicted molar refractivity (Wildman–Crippen MR) is 145 cm³/mol. The fraction of sp³-hybridized carbons (Fsp3) is 0.500. The summed E-state index contributed by atoms with van der Waals surface area (Å²) >= 11 is 0. The molecule has 2 aliphatic rings. The topological polar surface area (TPSA) is 76.1 Å². The zero-order valence-electron chi connectivity index (χ0n) is 22.0. The number of carbonyl (C=O) groups excluding carboxylic acids is 1. The molecule has 0 unspecified atom stereocenters. The van der Waals surface area contributed by atoms with Crippen molar-refractivity contribution in [3.05, 3.63) is 53.2 Å². The Labute approximate surface area is 214 Å². The van der Waals surface area contributed by atoms with E-state index in [0.717, 1.165) is 48.7 Å². The molecule has 2 aliphatic carbocycles. The summed E-state index contributed by atoms with van der Waals surface area (Å²) in [4.78, 5) is 21.7. The van der Waals surface area contributed by atoms with Gasteiger partial charge < -0.3 is 15.4 Å². The Morgan fingerprint density at radius 1 is 0.972 bits per heavy atom. The molecular weight excluding hydrogens is 448 g/mol. The molecule has 0 radical (unpaired) electrons. The van der Waals surface area contributed by atoms with Crippen molar-refractivity contribution in [2.75, 3.05) is 5.32 Å². The molecule has 0 spiro atoms. The minimum atomic E-state index is -0.477. The second-order valence-electron chi connectivity index (χ2n) is 11.4. The van der Waals surface area contributed by atoms with Crippen LogP contribution in [0.4, 0.5) is 10.7 Å². The normalized spacial score (nSPS) is 20.0. The number of aryl methyl sites for hydroxylation is 2. The van der Waals surface area contributed by atoms with Gasteiger partial charge in [-0.25, -0.2) is 14.8 Å². The van der Waals surface area contributed by atoms with Crippen LogP contribution in [0.2, 0.25) is 0 Å². The quantitative estimate of drug-likeness (QED) is 0.427. The second kappa shape index (κ2) is 10.1. The fourth-order valence-corrected chi connectivity index (χ4v) is 5.60. The van der Waals surface area contributed by atoms with Crippen LogP contribution in [0.15, 0.2) is 36.4 Å². The number of amides is 1. The van der Waals surface area contributed by atoms with E-state index in [-0.39, 0.29) is 12.1 Å². The highest BCUT2D eigenvalue weighted by Crippen LogP contribution is 2.33. The van der Waals surface area contributed by atoms with Crippen LogP contribution in [0.3, 0.4) is 0 Å². The Hall–Kier alpha value is -3.15. The number of carbonyl (C=O) groups is 1. The number of nitrogens with one attached hydrogen (secondary N) is 2. The Morgan fingerprint density at radius 3 is 2.50 bits per heavy atom. The summed E-state index contributed by atoms with van der Waals surface area (Å²) in [6.07, 6.45) is 8.32. The lowest BCUT2D eigenvalue weighted by Crippen LogP contribution is -2.42. The van der Waals surface area contributed by atoms with Crippen molar-refractivity contribution >= 4 is 22.9 Å². The fourth-order valence-electron chi connectivity index (χ4n) is 5.60. The first-order chi connectivity index (χ1) is 17.2. The van der Waals surface area contributed by atoms with Gasteiger partial charge in [-0.3, -0.25) is 0 Å². The monoisotopic (exact) mass is 486 g/mol. The molecule has 2 aromatic carbocycles. The highest BCUT2D eigenvalue weighted by atomic mass is 16.6. The summed E-state index contributed by atoms with van der Waals surface area (Å²) in [5.74, 6) is 0.688. The minimum Gasteiger partial charge on any atom is -0.444 e. The molecule has 0 atom stereocenters. The molecule has 1 amide bonds. The summed E-state index contributed by atoms with van der Waals surface area (Å²) in [6.45, 7) is 7.72. The van der Waals surface area contributed by atoms with E-state index in [4.69, 9.17) is 14.7 Å². The van der Waals surface area contributed by atoms with Crippen molar-refractivity contribution in [1.82, 2.24) is 15.3 Å². The lowest BCUT2D eigenvalue weighted by molar-refractivity contribution is 0.0492. The first kappa shape index (κ1) is 24.5. The van der Waals surface area contributed by atoms with E-state index < -0.39 is 5.60 Å². The first-order valence-corrected chi connectivity index (χ1v) is 13.4. The van der Waals surface area contributed by atoms with Gasteiger partial charge in [-0.2, -0.15) is 0 Å². The van der Waals surface area contributed by atoms with Crippen molar-refractivity contribution in [1.29, 1.82) is 0 Å². The van der Waals surface area contributed by atoms with Gasteiger partial charge in [0.1, 0.15) is 5.60 Å².